The average molecular weight is 417 g/mol. The molecular weight excluding hydrogens is 396 g/mol. The van der Waals surface area contributed by atoms with Crippen LogP contribution < -0.4 is 15.4 Å². The highest BCUT2D eigenvalue weighted by Gasteiger charge is 2.49. The lowest BCUT2D eigenvalue weighted by Gasteiger charge is -2.22. The molecule has 2 aromatic rings. The number of rotatable bonds is 6. The van der Waals surface area contributed by atoms with E-state index in [0.29, 0.717) is 11.1 Å². The summed E-state index contributed by atoms with van der Waals surface area (Å²) in [5.74, 6) is -1.29. The van der Waals surface area contributed by atoms with E-state index in [2.05, 4.69) is 15.4 Å². The Kier molecular flexibility index (Phi) is 5.73. The van der Waals surface area contributed by atoms with E-state index in [-0.39, 0.29) is 11.4 Å². The number of ether oxygens (including phenoxy) is 1. The second kappa shape index (κ2) is 8.10. The Morgan fingerprint density at radius 2 is 1.83 bits per heavy atom. The van der Waals surface area contributed by atoms with Crippen molar-refractivity contribution in [3.8, 4) is 5.75 Å². The van der Waals surface area contributed by atoms with Crippen LogP contribution in [0.3, 0.4) is 0 Å². The highest BCUT2D eigenvalue weighted by Crippen LogP contribution is 2.30. The molecular formula is C21H21F2N3O4. The Hall–Kier alpha value is -3.49. The zero-order valence-electron chi connectivity index (χ0n) is 16.7. The maximum Gasteiger partial charge on any atom is 0.387 e. The lowest BCUT2D eigenvalue weighted by Crippen LogP contribution is -2.42. The van der Waals surface area contributed by atoms with Gasteiger partial charge < -0.3 is 15.4 Å². The Labute approximate surface area is 172 Å². The number of urea groups is 1. The Bertz CT molecular complexity index is 994. The first-order valence-corrected chi connectivity index (χ1v) is 9.17. The molecule has 9 heteroatoms. The van der Waals surface area contributed by atoms with E-state index in [1.807, 2.05) is 19.1 Å². The number of nitrogens with one attached hydrogen (secondary N) is 2. The van der Waals surface area contributed by atoms with E-state index in [9.17, 15) is 23.2 Å². The molecule has 1 fully saturated rings. The first kappa shape index (κ1) is 21.2. The van der Waals surface area contributed by atoms with Crippen LogP contribution in [-0.2, 0) is 15.1 Å². The summed E-state index contributed by atoms with van der Waals surface area (Å²) in [5, 5.41) is 5.16. The van der Waals surface area contributed by atoms with Crippen LogP contribution in [0, 0.1) is 13.8 Å². The first-order valence-electron chi connectivity index (χ1n) is 9.17. The number of carbonyl (C=O) groups excluding carboxylic acids is 3. The van der Waals surface area contributed by atoms with Gasteiger partial charge in [0.1, 0.15) is 17.8 Å². The van der Waals surface area contributed by atoms with Gasteiger partial charge in [-0.3, -0.25) is 14.5 Å². The van der Waals surface area contributed by atoms with Gasteiger partial charge in [0.25, 0.3) is 5.91 Å². The molecule has 4 amide bonds. The van der Waals surface area contributed by atoms with Gasteiger partial charge in [-0.15, -0.1) is 0 Å². The summed E-state index contributed by atoms with van der Waals surface area (Å²) in [4.78, 5) is 38.6. The third kappa shape index (κ3) is 4.10. The van der Waals surface area contributed by atoms with E-state index in [0.717, 1.165) is 10.5 Å². The zero-order valence-corrected chi connectivity index (χ0v) is 16.7. The van der Waals surface area contributed by atoms with Crippen LogP contribution in [0.15, 0.2) is 42.5 Å². The number of benzene rings is 2. The van der Waals surface area contributed by atoms with E-state index in [1.165, 1.54) is 25.1 Å². The summed E-state index contributed by atoms with van der Waals surface area (Å²) >= 11 is 0. The predicted octanol–water partition coefficient (Wildman–Crippen LogP) is 3.31. The summed E-state index contributed by atoms with van der Waals surface area (Å²) in [6.07, 6.45) is 0. The number of hydrogen-bond acceptors (Lipinski definition) is 4. The fourth-order valence-corrected chi connectivity index (χ4v) is 3.23. The second-order valence-electron chi connectivity index (χ2n) is 7.17. The molecule has 30 heavy (non-hydrogen) atoms. The number of anilines is 1. The zero-order chi connectivity index (χ0) is 22.1. The summed E-state index contributed by atoms with van der Waals surface area (Å²) in [5.41, 5.74) is 0.858. The lowest BCUT2D eigenvalue weighted by molar-refractivity contribution is -0.133. The van der Waals surface area contributed by atoms with E-state index < -0.39 is 36.5 Å². The number of hydrogen-bond donors (Lipinski definition) is 2. The molecule has 1 atom stereocenters. The van der Waals surface area contributed by atoms with Crippen molar-refractivity contribution in [1.82, 2.24) is 10.2 Å². The molecule has 2 N–H and O–H groups in total. The third-order valence-corrected chi connectivity index (χ3v) is 4.98. The number of nitrogens with zero attached hydrogens (tertiary/aromatic N) is 1. The van der Waals surface area contributed by atoms with Crippen LogP contribution in [0.25, 0.3) is 0 Å². The van der Waals surface area contributed by atoms with Crippen molar-refractivity contribution < 1.29 is 27.9 Å². The Balaban J connectivity index is 1.74. The van der Waals surface area contributed by atoms with E-state index in [1.54, 1.807) is 19.1 Å². The molecule has 0 saturated carbocycles. The lowest BCUT2D eigenvalue weighted by atomic mass is 9.91. The van der Waals surface area contributed by atoms with E-state index in [4.69, 9.17) is 0 Å². The van der Waals surface area contributed by atoms with Crippen molar-refractivity contribution in [2.75, 3.05) is 11.9 Å². The summed E-state index contributed by atoms with van der Waals surface area (Å²) in [6.45, 7) is 1.47. The minimum absolute atomic E-state index is 0.0789. The molecule has 1 aliphatic heterocycles. The van der Waals surface area contributed by atoms with Gasteiger partial charge in [-0.25, -0.2) is 4.79 Å². The maximum absolute atomic E-state index is 12.9. The number of halogens is 2. The van der Waals surface area contributed by atoms with Crippen LogP contribution >= 0.6 is 0 Å². The standard InChI is InChI=1S/C21H21F2N3O4/c1-12-7-9-14(10-8-12)21(3)18(28)26(20(29)25-21)11-17(27)24-15-5-4-6-16(13(15)2)30-19(22)23/h4-10,19H,11H2,1-3H3,(H,24,27)(H,25,29). The predicted molar refractivity (Wildman–Crippen MR) is 105 cm³/mol. The molecule has 3 rings (SSSR count). The van der Waals surface area contributed by atoms with Crippen LogP contribution in [-0.4, -0.2) is 35.9 Å². The SMILES string of the molecule is Cc1ccc(C2(C)NC(=O)N(CC(=O)Nc3cccc(OC(F)F)c3C)C2=O)cc1. The monoisotopic (exact) mass is 417 g/mol. The molecule has 1 saturated heterocycles. The number of aryl methyl sites for hydroxylation is 1. The summed E-state index contributed by atoms with van der Waals surface area (Å²) in [7, 11) is 0. The number of alkyl halides is 2. The molecule has 0 spiro atoms. The summed E-state index contributed by atoms with van der Waals surface area (Å²) in [6, 6.07) is 10.8. The van der Waals surface area contributed by atoms with Crippen LogP contribution in [0.2, 0.25) is 0 Å². The van der Waals surface area contributed by atoms with Gasteiger partial charge in [-0.05, 0) is 38.5 Å². The first-order chi connectivity index (χ1) is 14.1. The fourth-order valence-electron chi connectivity index (χ4n) is 3.23. The van der Waals surface area contributed by atoms with Gasteiger partial charge in [-0.2, -0.15) is 8.78 Å². The molecule has 2 aromatic carbocycles. The molecule has 0 aromatic heterocycles. The van der Waals surface area contributed by atoms with Gasteiger partial charge in [-0.1, -0.05) is 35.9 Å². The molecule has 0 aliphatic carbocycles. The minimum atomic E-state index is -3.00. The average Bonchev–Trinajstić information content (AvgIpc) is 2.89. The quantitative estimate of drug-likeness (QED) is 0.706. The highest BCUT2D eigenvalue weighted by atomic mass is 19.3. The normalized spacial score (nSPS) is 18.5. The maximum atomic E-state index is 12.9. The molecule has 1 unspecified atom stereocenters. The van der Waals surface area contributed by atoms with Crippen molar-refractivity contribution in [3.05, 3.63) is 59.2 Å². The molecule has 7 nitrogen and oxygen atoms in total. The summed E-state index contributed by atoms with van der Waals surface area (Å²) < 4.78 is 29.4. The van der Waals surface area contributed by atoms with Crippen molar-refractivity contribution in [1.29, 1.82) is 0 Å². The van der Waals surface area contributed by atoms with Crippen molar-refractivity contribution in [2.24, 2.45) is 0 Å². The van der Waals surface area contributed by atoms with E-state index >= 15 is 0 Å². The smallest absolute Gasteiger partial charge is 0.387 e. The van der Waals surface area contributed by atoms with Gasteiger partial charge in [0.2, 0.25) is 5.91 Å². The highest BCUT2D eigenvalue weighted by molar-refractivity contribution is 6.10. The van der Waals surface area contributed by atoms with Crippen LogP contribution in [0.1, 0.15) is 23.6 Å². The minimum Gasteiger partial charge on any atom is -0.434 e. The van der Waals surface area contributed by atoms with Gasteiger partial charge in [0.05, 0.1) is 0 Å². The van der Waals surface area contributed by atoms with Gasteiger partial charge in [0, 0.05) is 11.3 Å². The third-order valence-electron chi connectivity index (χ3n) is 4.98. The molecule has 158 valence electrons. The van der Waals surface area contributed by atoms with Crippen molar-refractivity contribution >= 4 is 23.5 Å². The largest absolute Gasteiger partial charge is 0.434 e. The van der Waals surface area contributed by atoms with Crippen LogP contribution in [0.5, 0.6) is 5.75 Å². The van der Waals surface area contributed by atoms with Gasteiger partial charge >= 0.3 is 12.6 Å². The fraction of sp³-hybridized carbons (Fsp3) is 0.286. The second-order valence-corrected chi connectivity index (χ2v) is 7.17. The van der Waals surface area contributed by atoms with Crippen molar-refractivity contribution in [3.63, 3.8) is 0 Å². The molecule has 1 aliphatic rings. The topological polar surface area (TPSA) is 87.7 Å². The van der Waals surface area contributed by atoms with Crippen molar-refractivity contribution in [2.45, 2.75) is 32.9 Å². The molecule has 0 radical (unpaired) electrons. The Morgan fingerprint density at radius 1 is 1.17 bits per heavy atom. The number of carbonyl (C=O) groups is 3. The number of imide groups is 1. The molecule has 0 bridgehead atoms. The molecule has 1 heterocycles. The van der Waals surface area contributed by atoms with Gasteiger partial charge in [0.15, 0.2) is 0 Å². The van der Waals surface area contributed by atoms with Crippen LogP contribution in [0.4, 0.5) is 19.3 Å². The number of amides is 4. The Morgan fingerprint density at radius 3 is 2.47 bits per heavy atom.